The summed E-state index contributed by atoms with van der Waals surface area (Å²) in [6.45, 7) is 17.8. The number of carbonyl (C=O) groups is 2. The molecule has 4 aliphatic heterocycles. The van der Waals surface area contributed by atoms with Crippen molar-refractivity contribution in [2.45, 2.75) is 148 Å². The zero-order chi connectivity index (χ0) is 36.6. The van der Waals surface area contributed by atoms with E-state index in [0.717, 1.165) is 12.8 Å². The summed E-state index contributed by atoms with van der Waals surface area (Å²) >= 11 is 0. The smallest absolute Gasteiger partial charge is 0.241 e. The van der Waals surface area contributed by atoms with Gasteiger partial charge in [-0.05, 0) is 58.8 Å². The number of fused-ring (bicyclic) bond motifs is 1. The van der Waals surface area contributed by atoms with Gasteiger partial charge in [0.2, 0.25) is 11.8 Å². The van der Waals surface area contributed by atoms with Gasteiger partial charge in [-0.2, -0.15) is 0 Å². The average molecular weight is 696 g/mol. The van der Waals surface area contributed by atoms with Crippen molar-refractivity contribution in [2.24, 2.45) is 29.6 Å². The zero-order valence-electron chi connectivity index (χ0n) is 32.0. The lowest BCUT2D eigenvalue weighted by Crippen LogP contribution is -2.59. The molecule has 0 aromatic heterocycles. The molecule has 0 aromatic carbocycles. The van der Waals surface area contributed by atoms with Crippen molar-refractivity contribution in [2.75, 3.05) is 34.3 Å². The van der Waals surface area contributed by atoms with Crippen LogP contribution in [-0.2, 0) is 33.3 Å². The summed E-state index contributed by atoms with van der Waals surface area (Å²) in [7, 11) is 5.41. The van der Waals surface area contributed by atoms with E-state index in [1.807, 2.05) is 20.8 Å². The van der Waals surface area contributed by atoms with Gasteiger partial charge < -0.3 is 49.0 Å². The maximum Gasteiger partial charge on any atom is 0.241 e. The number of methoxy groups -OCH3 is 1. The predicted octanol–water partition coefficient (Wildman–Crippen LogP) is 3.29. The second-order valence-electron chi connectivity index (χ2n) is 16.4. The van der Waals surface area contributed by atoms with Gasteiger partial charge in [-0.3, -0.25) is 9.59 Å². The molecule has 49 heavy (non-hydrogen) atoms. The number of hydrogen-bond donors (Lipinski definition) is 3. The molecule has 12 heteroatoms. The quantitative estimate of drug-likeness (QED) is 0.380. The molecule has 0 spiro atoms. The molecule has 4 fully saturated rings. The molecule has 0 bridgehead atoms. The van der Waals surface area contributed by atoms with Gasteiger partial charge in [0.25, 0.3) is 0 Å². The predicted molar refractivity (Wildman–Crippen MR) is 185 cm³/mol. The Morgan fingerprint density at radius 1 is 1.04 bits per heavy atom. The molecule has 0 aromatic rings. The lowest BCUT2D eigenvalue weighted by atomic mass is 9.77. The number of aliphatic hydroxyl groups is 2. The molecule has 0 aliphatic carbocycles. The summed E-state index contributed by atoms with van der Waals surface area (Å²) in [5, 5.41) is 26.2. The third kappa shape index (κ3) is 8.99. The number of likely N-dealkylation sites (N-methyl/N-ethyl adjacent to an activating group) is 1. The van der Waals surface area contributed by atoms with E-state index < -0.39 is 60.0 Å². The van der Waals surface area contributed by atoms with Crippen LogP contribution in [0.4, 0.5) is 0 Å². The van der Waals surface area contributed by atoms with Crippen molar-refractivity contribution in [1.82, 2.24) is 15.1 Å². The Bertz CT molecular complexity index is 1180. The highest BCUT2D eigenvalue weighted by Crippen LogP contribution is 2.45. The number of nitrogens with one attached hydrogen (secondary N) is 1. The number of rotatable bonds is 6. The first kappa shape index (κ1) is 40.0. The van der Waals surface area contributed by atoms with E-state index in [1.165, 1.54) is 5.70 Å². The first-order chi connectivity index (χ1) is 22.8. The minimum atomic E-state index is -1.40. The van der Waals surface area contributed by atoms with Crippen molar-refractivity contribution in [3.8, 4) is 0 Å². The van der Waals surface area contributed by atoms with Crippen molar-refractivity contribution in [3.63, 3.8) is 0 Å². The molecule has 3 N–H and O–H groups in total. The maximum absolute atomic E-state index is 13.7. The highest BCUT2D eigenvalue weighted by Gasteiger charge is 2.52. The van der Waals surface area contributed by atoms with E-state index in [-0.39, 0.29) is 48.8 Å². The Morgan fingerprint density at radius 3 is 2.35 bits per heavy atom. The summed E-state index contributed by atoms with van der Waals surface area (Å²) in [5.74, 6) is -1.51. The summed E-state index contributed by atoms with van der Waals surface area (Å²) in [6.07, 6.45) is -0.0655. The standard InChI is InChI=1S/C37H65N3O9/c1-20(2)13-26-15-27-28(40(26)11)14-22(4)46-35(27)49-33-23(5)31(48-30-17-37(9,45-12)32(42)25(7)47-30)24(6)34(43)38-18-29(41)39(10)19-21(3)16-36(33,8)44/h13,20-25,27-28,30-33,35,42,44H,14-19H2,1-12H3,(H,38,43)/b26-13+/t21-,22-,23+,24-,25+,27-,28+,30+,31+,32+,33-,35+,36-,37-/m1/s1. The van der Waals surface area contributed by atoms with Gasteiger partial charge in [0.05, 0.1) is 48.1 Å². The van der Waals surface area contributed by atoms with E-state index in [4.69, 9.17) is 23.7 Å². The number of hydrogen-bond acceptors (Lipinski definition) is 10. The number of carbonyl (C=O) groups excluding carboxylic acids is 2. The average Bonchev–Trinajstić information content (AvgIpc) is 3.31. The van der Waals surface area contributed by atoms with Gasteiger partial charge in [0.15, 0.2) is 12.6 Å². The van der Waals surface area contributed by atoms with Crippen molar-refractivity contribution in [3.05, 3.63) is 11.8 Å². The van der Waals surface area contributed by atoms with Crippen LogP contribution in [0.15, 0.2) is 11.8 Å². The molecule has 14 atom stereocenters. The molecule has 0 saturated carbocycles. The van der Waals surface area contributed by atoms with E-state index in [0.29, 0.717) is 18.9 Å². The first-order valence-corrected chi connectivity index (χ1v) is 18.3. The number of ether oxygens (including phenoxy) is 5. The van der Waals surface area contributed by atoms with Gasteiger partial charge in [-0.15, -0.1) is 0 Å². The molecule has 4 saturated heterocycles. The van der Waals surface area contributed by atoms with E-state index in [9.17, 15) is 19.8 Å². The molecule has 0 unspecified atom stereocenters. The summed E-state index contributed by atoms with van der Waals surface area (Å²) in [5.41, 5.74) is -1.07. The molecule has 4 aliphatic rings. The topological polar surface area (TPSA) is 139 Å². The van der Waals surface area contributed by atoms with Crippen LogP contribution >= 0.6 is 0 Å². The molecule has 282 valence electrons. The highest BCUT2D eigenvalue weighted by atomic mass is 16.7. The van der Waals surface area contributed by atoms with Crippen LogP contribution in [0.3, 0.4) is 0 Å². The highest BCUT2D eigenvalue weighted by molar-refractivity contribution is 5.85. The number of allylic oxidation sites excluding steroid dienone is 2. The van der Waals surface area contributed by atoms with Gasteiger partial charge >= 0.3 is 0 Å². The Balaban J connectivity index is 1.75. The molecular weight excluding hydrogens is 630 g/mol. The lowest BCUT2D eigenvalue weighted by Gasteiger charge is -2.48. The van der Waals surface area contributed by atoms with Gasteiger partial charge in [-0.1, -0.05) is 40.7 Å². The van der Waals surface area contributed by atoms with Gasteiger partial charge in [0.1, 0.15) is 6.10 Å². The normalized spacial score (nSPS) is 45.5. The number of aliphatic hydroxyl groups excluding tert-OH is 1. The molecule has 2 amide bonds. The maximum atomic E-state index is 13.7. The largest absolute Gasteiger partial charge is 0.387 e. The lowest BCUT2D eigenvalue weighted by molar-refractivity contribution is -0.311. The fourth-order valence-corrected chi connectivity index (χ4v) is 8.74. The molecular formula is C37H65N3O9. The molecule has 4 rings (SSSR count). The van der Waals surface area contributed by atoms with Crippen LogP contribution in [0.2, 0.25) is 0 Å². The third-order valence-electron chi connectivity index (χ3n) is 11.5. The second kappa shape index (κ2) is 15.8. The van der Waals surface area contributed by atoms with Crippen molar-refractivity contribution >= 4 is 11.8 Å². The molecule has 4 heterocycles. The van der Waals surface area contributed by atoms with E-state index >= 15 is 0 Å². The van der Waals surface area contributed by atoms with Gasteiger partial charge in [-0.25, -0.2) is 0 Å². The minimum Gasteiger partial charge on any atom is -0.387 e. The SMILES string of the molecule is CO[C@]1(C)C[C@H](O[C@H]2[C@H](C)[C@@H](O[C@@H]3O[C@H](C)C[C@H]4[C@H]3C/C(=C\C(C)C)N4C)[C@](C)(O)C[C@@H](C)CN(C)C(=O)CNC(=O)[C@@H]2C)O[C@@H](C)[C@@H]1O. The van der Waals surface area contributed by atoms with E-state index in [1.54, 1.807) is 39.8 Å². The Morgan fingerprint density at radius 2 is 1.71 bits per heavy atom. The van der Waals surface area contributed by atoms with Crippen LogP contribution in [0, 0.1) is 29.6 Å². The Hall–Kier alpha value is -1.80. The Kier molecular flexibility index (Phi) is 12.9. The van der Waals surface area contributed by atoms with Crippen LogP contribution < -0.4 is 5.32 Å². The summed E-state index contributed by atoms with van der Waals surface area (Å²) in [6, 6.07) is 0.222. The van der Waals surface area contributed by atoms with Crippen LogP contribution in [0.5, 0.6) is 0 Å². The Labute approximate surface area is 294 Å². The third-order valence-corrected chi connectivity index (χ3v) is 11.5. The van der Waals surface area contributed by atoms with Crippen LogP contribution in [0.25, 0.3) is 0 Å². The zero-order valence-corrected chi connectivity index (χ0v) is 32.0. The van der Waals surface area contributed by atoms with Crippen LogP contribution in [-0.4, -0.2) is 126 Å². The summed E-state index contributed by atoms with van der Waals surface area (Å²) in [4.78, 5) is 30.7. The first-order valence-electron chi connectivity index (χ1n) is 18.3. The fraction of sp³-hybridized carbons (Fsp3) is 0.892. The number of nitrogens with zero attached hydrogens (tertiary/aromatic N) is 2. The summed E-state index contributed by atoms with van der Waals surface area (Å²) < 4.78 is 32.2. The number of likely N-dealkylation sites (tertiary alicyclic amines) is 1. The second-order valence-corrected chi connectivity index (χ2v) is 16.4. The molecule has 12 nitrogen and oxygen atoms in total. The minimum absolute atomic E-state index is 0.0477. The van der Waals surface area contributed by atoms with Crippen molar-refractivity contribution in [1.29, 1.82) is 0 Å². The number of amides is 2. The van der Waals surface area contributed by atoms with Gasteiger partial charge in [0, 0.05) is 57.7 Å². The van der Waals surface area contributed by atoms with Crippen molar-refractivity contribution < 1.29 is 43.5 Å². The van der Waals surface area contributed by atoms with E-state index in [2.05, 4.69) is 44.1 Å². The van der Waals surface area contributed by atoms with Crippen LogP contribution in [0.1, 0.15) is 88.0 Å². The monoisotopic (exact) mass is 695 g/mol. The molecule has 0 radical (unpaired) electrons. The fourth-order valence-electron chi connectivity index (χ4n) is 8.74.